The zero-order chi connectivity index (χ0) is 9.30. The van der Waals surface area contributed by atoms with Gasteiger partial charge in [0.1, 0.15) is 0 Å². The second-order valence-electron chi connectivity index (χ2n) is 2.03. The lowest BCUT2D eigenvalue weighted by molar-refractivity contribution is 0.108. The second-order valence-corrected chi connectivity index (χ2v) is 2.37. The first-order chi connectivity index (χ1) is 5.52. The van der Waals surface area contributed by atoms with Crippen LogP contribution in [0.15, 0.2) is 12.1 Å². The summed E-state index contributed by atoms with van der Waals surface area (Å²) < 4.78 is 37.0. The van der Waals surface area contributed by atoms with Gasteiger partial charge in [-0.05, 0) is 23.7 Å². The normalized spacial score (nSPS) is 10.0. The molecule has 5 heteroatoms. The van der Waals surface area contributed by atoms with E-state index < -0.39 is 28.3 Å². The fourth-order valence-corrected chi connectivity index (χ4v) is 0.778. The minimum absolute atomic E-state index is 0.409. The minimum atomic E-state index is -1.61. The molecule has 0 unspecified atom stereocenters. The van der Waals surface area contributed by atoms with E-state index >= 15 is 0 Å². The molecule has 1 aromatic rings. The van der Waals surface area contributed by atoms with Gasteiger partial charge in [-0.1, -0.05) is 0 Å². The van der Waals surface area contributed by atoms with Gasteiger partial charge >= 0.3 is 0 Å². The fourth-order valence-electron chi connectivity index (χ4n) is 0.669. The molecule has 12 heavy (non-hydrogen) atoms. The molecule has 0 heterocycles. The van der Waals surface area contributed by atoms with Gasteiger partial charge in [0.2, 0.25) is 0 Å². The highest BCUT2D eigenvalue weighted by Crippen LogP contribution is 2.14. The lowest BCUT2D eigenvalue weighted by atomic mass is 10.2. The van der Waals surface area contributed by atoms with Crippen LogP contribution in [0.2, 0.25) is 0 Å². The molecule has 0 bridgehead atoms. The van der Waals surface area contributed by atoms with E-state index in [1.165, 1.54) is 0 Å². The third kappa shape index (κ3) is 1.58. The van der Waals surface area contributed by atoms with Gasteiger partial charge in [-0.2, -0.15) is 0 Å². The summed E-state index contributed by atoms with van der Waals surface area (Å²) in [6.07, 6.45) is 0. The van der Waals surface area contributed by atoms with Crippen LogP contribution in [0.4, 0.5) is 13.2 Å². The Bertz CT molecular complexity index is 314. The van der Waals surface area contributed by atoms with E-state index in [1.54, 1.807) is 0 Å². The SMILES string of the molecule is O=C(Cl)c1cc(F)c(F)c(F)c1. The average Bonchev–Trinajstić information content (AvgIpc) is 1.99. The van der Waals surface area contributed by atoms with Crippen LogP contribution in [-0.2, 0) is 0 Å². The maximum absolute atomic E-state index is 12.4. The summed E-state index contributed by atoms with van der Waals surface area (Å²) in [6, 6.07) is 1.07. The van der Waals surface area contributed by atoms with Crippen LogP contribution < -0.4 is 0 Å². The first kappa shape index (κ1) is 9.06. The molecule has 0 saturated carbocycles. The smallest absolute Gasteiger partial charge is 0.252 e. The number of benzene rings is 1. The summed E-state index contributed by atoms with van der Waals surface area (Å²) in [7, 11) is 0. The van der Waals surface area contributed by atoms with Gasteiger partial charge in [0.15, 0.2) is 17.5 Å². The average molecular weight is 195 g/mol. The predicted molar refractivity (Wildman–Crippen MR) is 36.5 cm³/mol. The molecule has 0 saturated heterocycles. The van der Waals surface area contributed by atoms with Crippen molar-refractivity contribution in [3.63, 3.8) is 0 Å². The van der Waals surface area contributed by atoms with Crippen molar-refractivity contribution >= 4 is 16.8 Å². The summed E-state index contributed by atoms with van der Waals surface area (Å²) in [5, 5.41) is -1.03. The second kappa shape index (κ2) is 3.15. The van der Waals surface area contributed by atoms with Crippen LogP contribution >= 0.6 is 11.6 Å². The van der Waals surface area contributed by atoms with E-state index in [1.807, 2.05) is 0 Å². The molecule has 64 valence electrons. The van der Waals surface area contributed by atoms with Crippen molar-refractivity contribution in [3.05, 3.63) is 35.1 Å². The van der Waals surface area contributed by atoms with Crippen molar-refractivity contribution in [3.8, 4) is 0 Å². The number of hydrogen-bond donors (Lipinski definition) is 0. The van der Waals surface area contributed by atoms with Gasteiger partial charge in [0.05, 0.1) is 0 Å². The van der Waals surface area contributed by atoms with Crippen LogP contribution in [0.25, 0.3) is 0 Å². The number of carbonyl (C=O) groups is 1. The van der Waals surface area contributed by atoms with Gasteiger partial charge in [0, 0.05) is 5.56 Å². The molecule has 1 nitrogen and oxygen atoms in total. The first-order valence-corrected chi connectivity index (χ1v) is 3.24. The van der Waals surface area contributed by atoms with Gasteiger partial charge in [-0.25, -0.2) is 13.2 Å². The van der Waals surface area contributed by atoms with Crippen LogP contribution in [0.3, 0.4) is 0 Å². The van der Waals surface area contributed by atoms with Crippen molar-refractivity contribution in [1.82, 2.24) is 0 Å². The van der Waals surface area contributed by atoms with Gasteiger partial charge in [-0.15, -0.1) is 0 Å². The van der Waals surface area contributed by atoms with Crippen LogP contribution in [0, 0.1) is 17.5 Å². The van der Waals surface area contributed by atoms with Gasteiger partial charge < -0.3 is 0 Å². The molecule has 0 spiro atoms. The van der Waals surface area contributed by atoms with Crippen molar-refractivity contribution in [2.45, 2.75) is 0 Å². The summed E-state index contributed by atoms with van der Waals surface area (Å²) in [5.41, 5.74) is -0.409. The lowest BCUT2D eigenvalue weighted by Gasteiger charge is -1.96. The molecule has 0 aromatic heterocycles. The molecule has 0 N–H and O–H groups in total. The lowest BCUT2D eigenvalue weighted by Crippen LogP contribution is -1.96. The minimum Gasteiger partial charge on any atom is -0.276 e. The molecule has 0 aliphatic heterocycles. The number of carbonyl (C=O) groups excluding carboxylic acids is 1. The molecule has 0 aliphatic rings. The third-order valence-corrected chi connectivity index (χ3v) is 1.43. The Morgan fingerprint density at radius 3 is 1.92 bits per heavy atom. The van der Waals surface area contributed by atoms with E-state index in [-0.39, 0.29) is 0 Å². The molecule has 1 aromatic carbocycles. The maximum Gasteiger partial charge on any atom is 0.252 e. The molecule has 0 aliphatic carbocycles. The highest BCUT2D eigenvalue weighted by molar-refractivity contribution is 6.67. The van der Waals surface area contributed by atoms with Crippen LogP contribution in [0.5, 0.6) is 0 Å². The Labute approximate surface area is 70.8 Å². The van der Waals surface area contributed by atoms with E-state index in [0.29, 0.717) is 12.1 Å². The Morgan fingerprint density at radius 2 is 1.58 bits per heavy atom. The molecular weight excluding hydrogens is 193 g/mol. The molecule has 0 atom stereocenters. The first-order valence-electron chi connectivity index (χ1n) is 2.86. The van der Waals surface area contributed by atoms with Crippen molar-refractivity contribution < 1.29 is 18.0 Å². The van der Waals surface area contributed by atoms with E-state index in [0.717, 1.165) is 0 Å². The standard InChI is InChI=1S/C7H2ClF3O/c8-7(12)3-1-4(9)6(11)5(10)2-3/h1-2H. The molecule has 0 fully saturated rings. The van der Waals surface area contributed by atoms with Crippen molar-refractivity contribution in [1.29, 1.82) is 0 Å². The van der Waals surface area contributed by atoms with Crippen molar-refractivity contribution in [2.75, 3.05) is 0 Å². The molecule has 1 rings (SSSR count). The number of rotatable bonds is 1. The fraction of sp³-hybridized carbons (Fsp3) is 0. The third-order valence-electron chi connectivity index (χ3n) is 1.21. The Hall–Kier alpha value is -1.03. The summed E-state index contributed by atoms with van der Waals surface area (Å²) in [5.74, 6) is -4.48. The largest absolute Gasteiger partial charge is 0.276 e. The van der Waals surface area contributed by atoms with E-state index in [2.05, 4.69) is 0 Å². The zero-order valence-corrected chi connectivity index (χ0v) is 6.33. The van der Waals surface area contributed by atoms with Gasteiger partial charge in [0.25, 0.3) is 5.24 Å². The Morgan fingerprint density at radius 1 is 1.17 bits per heavy atom. The van der Waals surface area contributed by atoms with Gasteiger partial charge in [-0.3, -0.25) is 4.79 Å². The highest BCUT2D eigenvalue weighted by Gasteiger charge is 2.13. The highest BCUT2D eigenvalue weighted by atomic mass is 35.5. The summed E-state index contributed by atoms with van der Waals surface area (Å²) in [4.78, 5) is 10.4. The predicted octanol–water partition coefficient (Wildman–Crippen LogP) is 2.48. The molecular formula is C7H2ClF3O. The maximum atomic E-state index is 12.4. The van der Waals surface area contributed by atoms with Crippen molar-refractivity contribution in [2.24, 2.45) is 0 Å². The Kier molecular flexibility index (Phi) is 2.38. The zero-order valence-electron chi connectivity index (χ0n) is 5.57. The van der Waals surface area contributed by atoms with Crippen LogP contribution in [-0.4, -0.2) is 5.24 Å². The topological polar surface area (TPSA) is 17.1 Å². The monoisotopic (exact) mass is 194 g/mol. The summed E-state index contributed by atoms with van der Waals surface area (Å²) in [6.45, 7) is 0. The Balaban J connectivity index is 3.31. The quantitative estimate of drug-likeness (QED) is 0.496. The van der Waals surface area contributed by atoms with Crippen LogP contribution in [0.1, 0.15) is 10.4 Å². The van der Waals surface area contributed by atoms with E-state index in [4.69, 9.17) is 11.6 Å². The molecule has 0 amide bonds. The number of halogens is 4. The summed E-state index contributed by atoms with van der Waals surface area (Å²) >= 11 is 4.90. The molecule has 0 radical (unpaired) electrons. The van der Waals surface area contributed by atoms with E-state index in [9.17, 15) is 18.0 Å². The number of hydrogen-bond acceptors (Lipinski definition) is 1.